The van der Waals surface area contributed by atoms with Gasteiger partial charge in [-0.15, -0.1) is 0 Å². The van der Waals surface area contributed by atoms with Crippen molar-refractivity contribution in [3.63, 3.8) is 0 Å². The van der Waals surface area contributed by atoms with Gasteiger partial charge in [-0.3, -0.25) is 4.79 Å². The highest BCUT2D eigenvalue weighted by Gasteiger charge is 2.32. The van der Waals surface area contributed by atoms with Crippen molar-refractivity contribution in [3.8, 4) is 0 Å². The van der Waals surface area contributed by atoms with Crippen molar-refractivity contribution in [1.82, 2.24) is 0 Å². The van der Waals surface area contributed by atoms with E-state index in [-0.39, 0.29) is 35.5 Å². The molecule has 0 spiro atoms. The first-order valence-electron chi connectivity index (χ1n) is 7.92. The monoisotopic (exact) mass is 328 g/mol. The predicted molar refractivity (Wildman–Crippen MR) is 89.8 cm³/mol. The highest BCUT2D eigenvalue weighted by atomic mass is 16.6. The molecular formula is C18H32O5. The molecule has 0 bridgehead atoms. The van der Waals surface area contributed by atoms with E-state index in [4.69, 9.17) is 9.47 Å². The van der Waals surface area contributed by atoms with E-state index in [1.54, 1.807) is 0 Å². The lowest BCUT2D eigenvalue weighted by atomic mass is 9.78. The molecule has 2 unspecified atom stereocenters. The molecule has 0 rings (SSSR count). The topological polar surface area (TPSA) is 72.8 Å². The van der Waals surface area contributed by atoms with Crippen molar-refractivity contribution in [2.75, 3.05) is 6.61 Å². The summed E-state index contributed by atoms with van der Waals surface area (Å²) in [6.07, 6.45) is -0.815. The summed E-state index contributed by atoms with van der Waals surface area (Å²) in [5.41, 5.74) is 0.0755. The van der Waals surface area contributed by atoms with Gasteiger partial charge in [0.25, 0.3) is 0 Å². The molecule has 0 fully saturated rings. The zero-order valence-corrected chi connectivity index (χ0v) is 15.6. The molecule has 0 aromatic rings. The lowest BCUT2D eigenvalue weighted by molar-refractivity contribution is -0.161. The van der Waals surface area contributed by atoms with E-state index in [0.29, 0.717) is 0 Å². The Bertz CT molecular complexity index is 426. The Kier molecular flexibility index (Phi) is 7.98. The number of carbonyl (C=O) groups excluding carboxylic acids is 2. The van der Waals surface area contributed by atoms with Gasteiger partial charge in [-0.2, -0.15) is 0 Å². The molecule has 23 heavy (non-hydrogen) atoms. The van der Waals surface area contributed by atoms with Gasteiger partial charge in [0.15, 0.2) is 0 Å². The van der Waals surface area contributed by atoms with E-state index in [9.17, 15) is 14.7 Å². The van der Waals surface area contributed by atoms with Gasteiger partial charge in [0, 0.05) is 5.57 Å². The summed E-state index contributed by atoms with van der Waals surface area (Å²) in [4.78, 5) is 23.3. The van der Waals surface area contributed by atoms with Crippen molar-refractivity contribution >= 4 is 11.9 Å². The molecule has 0 aromatic carbocycles. The van der Waals surface area contributed by atoms with Crippen LogP contribution in [0.25, 0.3) is 0 Å². The average Bonchev–Trinajstić information content (AvgIpc) is 2.31. The van der Waals surface area contributed by atoms with Crippen LogP contribution in [0.15, 0.2) is 12.2 Å². The highest BCUT2D eigenvalue weighted by molar-refractivity contribution is 5.86. The van der Waals surface area contributed by atoms with Crippen LogP contribution in [0.3, 0.4) is 0 Å². The van der Waals surface area contributed by atoms with Crippen molar-refractivity contribution in [2.45, 2.75) is 73.5 Å². The van der Waals surface area contributed by atoms with Crippen LogP contribution in [-0.2, 0) is 19.1 Å². The molecule has 0 amide bonds. The van der Waals surface area contributed by atoms with Crippen LogP contribution in [0.1, 0.15) is 61.3 Å². The lowest BCUT2D eigenvalue weighted by Crippen LogP contribution is -2.36. The van der Waals surface area contributed by atoms with Gasteiger partial charge in [0.05, 0.1) is 12.5 Å². The Morgan fingerprint density at radius 1 is 1.13 bits per heavy atom. The predicted octanol–water partition coefficient (Wildman–Crippen LogP) is 3.25. The van der Waals surface area contributed by atoms with Gasteiger partial charge in [-0.1, -0.05) is 48.1 Å². The van der Waals surface area contributed by atoms with Crippen LogP contribution in [0.5, 0.6) is 0 Å². The minimum atomic E-state index is -1.08. The van der Waals surface area contributed by atoms with Crippen LogP contribution < -0.4 is 0 Å². The Morgan fingerprint density at radius 3 is 2.04 bits per heavy atom. The zero-order chi connectivity index (χ0) is 18.4. The fourth-order valence-corrected chi connectivity index (χ4v) is 1.83. The summed E-state index contributed by atoms with van der Waals surface area (Å²) in [7, 11) is 0. The Hall–Kier alpha value is -1.36. The SMILES string of the molecule is C=C(C)C(=O)OCC(O)CC(=O)OC(CC(C)(C)C)C(C)(C)C. The average molecular weight is 328 g/mol. The highest BCUT2D eigenvalue weighted by Crippen LogP contribution is 2.33. The summed E-state index contributed by atoms with van der Waals surface area (Å²) in [6.45, 7) is 17.0. The molecule has 0 aliphatic rings. The van der Waals surface area contributed by atoms with E-state index in [1.807, 2.05) is 20.8 Å². The van der Waals surface area contributed by atoms with E-state index >= 15 is 0 Å². The molecule has 1 N–H and O–H groups in total. The normalized spacial score (nSPS) is 14.8. The van der Waals surface area contributed by atoms with Crippen LogP contribution in [-0.4, -0.2) is 35.9 Å². The Labute approximate surface area is 140 Å². The smallest absolute Gasteiger partial charge is 0.333 e. The second kappa shape index (κ2) is 8.48. The molecule has 0 saturated carbocycles. The van der Waals surface area contributed by atoms with E-state index < -0.39 is 18.0 Å². The molecule has 0 heterocycles. The van der Waals surface area contributed by atoms with Crippen LogP contribution in [0.4, 0.5) is 0 Å². The van der Waals surface area contributed by atoms with Gasteiger partial charge in [0.1, 0.15) is 12.7 Å². The first-order chi connectivity index (χ1) is 10.2. The molecule has 0 aliphatic carbocycles. The molecule has 0 aromatic heterocycles. The first-order valence-corrected chi connectivity index (χ1v) is 7.92. The first kappa shape index (κ1) is 21.6. The maximum Gasteiger partial charge on any atom is 0.333 e. The zero-order valence-electron chi connectivity index (χ0n) is 15.6. The maximum absolute atomic E-state index is 12.0. The lowest BCUT2D eigenvalue weighted by Gasteiger charge is -2.35. The molecule has 2 atom stereocenters. The molecule has 5 nitrogen and oxygen atoms in total. The third kappa shape index (κ3) is 10.1. The maximum atomic E-state index is 12.0. The van der Waals surface area contributed by atoms with Crippen molar-refractivity contribution in [1.29, 1.82) is 0 Å². The second-order valence-electron chi connectivity index (χ2n) is 8.35. The summed E-state index contributed by atoms with van der Waals surface area (Å²) >= 11 is 0. The standard InChI is InChI=1S/C18H32O5/c1-12(2)16(21)22-11-13(19)9-15(20)23-14(18(6,7)8)10-17(3,4)5/h13-14,19H,1,9-11H2,2-8H3. The Balaban J connectivity index is 4.53. The number of aliphatic hydroxyl groups is 1. The third-order valence-electron chi connectivity index (χ3n) is 3.19. The van der Waals surface area contributed by atoms with E-state index in [1.165, 1.54) is 6.92 Å². The summed E-state index contributed by atoms with van der Waals surface area (Å²) < 4.78 is 10.4. The summed E-state index contributed by atoms with van der Waals surface area (Å²) in [5, 5.41) is 9.79. The fourth-order valence-electron chi connectivity index (χ4n) is 1.83. The van der Waals surface area contributed by atoms with Gasteiger partial charge in [-0.25, -0.2) is 4.79 Å². The fraction of sp³-hybridized carbons (Fsp3) is 0.778. The molecule has 0 aliphatic heterocycles. The number of rotatable bonds is 7. The number of ether oxygens (including phenoxy) is 2. The van der Waals surface area contributed by atoms with Gasteiger partial charge in [0.2, 0.25) is 0 Å². The van der Waals surface area contributed by atoms with E-state index in [2.05, 4.69) is 27.4 Å². The number of hydrogen-bond acceptors (Lipinski definition) is 5. The molecule has 0 saturated heterocycles. The third-order valence-corrected chi connectivity index (χ3v) is 3.19. The minimum absolute atomic E-state index is 0.0217. The summed E-state index contributed by atoms with van der Waals surface area (Å²) in [6, 6.07) is 0. The minimum Gasteiger partial charge on any atom is -0.462 e. The van der Waals surface area contributed by atoms with E-state index in [0.717, 1.165) is 6.42 Å². The Morgan fingerprint density at radius 2 is 1.65 bits per heavy atom. The van der Waals surface area contributed by atoms with Crippen molar-refractivity contribution < 1.29 is 24.2 Å². The molecule has 134 valence electrons. The van der Waals surface area contributed by atoms with Gasteiger partial charge < -0.3 is 14.6 Å². The quantitative estimate of drug-likeness (QED) is 0.573. The number of esters is 2. The second-order valence-corrected chi connectivity index (χ2v) is 8.35. The number of carbonyl (C=O) groups is 2. The number of hydrogen-bond donors (Lipinski definition) is 1. The van der Waals surface area contributed by atoms with Crippen LogP contribution in [0.2, 0.25) is 0 Å². The van der Waals surface area contributed by atoms with Gasteiger partial charge in [-0.05, 0) is 24.2 Å². The van der Waals surface area contributed by atoms with Gasteiger partial charge >= 0.3 is 11.9 Å². The largest absolute Gasteiger partial charge is 0.462 e. The van der Waals surface area contributed by atoms with Crippen LogP contribution in [0, 0.1) is 10.8 Å². The number of aliphatic hydroxyl groups excluding tert-OH is 1. The van der Waals surface area contributed by atoms with Crippen molar-refractivity contribution in [2.24, 2.45) is 10.8 Å². The molecule has 0 radical (unpaired) electrons. The van der Waals surface area contributed by atoms with Crippen molar-refractivity contribution in [3.05, 3.63) is 12.2 Å². The van der Waals surface area contributed by atoms with Crippen LogP contribution >= 0.6 is 0 Å². The molecule has 5 heteroatoms. The summed E-state index contributed by atoms with van der Waals surface area (Å²) in [5.74, 6) is -1.08. The molecular weight excluding hydrogens is 296 g/mol.